The molecule has 1 heterocycles. The number of phosphoric ester groups is 2. The lowest BCUT2D eigenvalue weighted by molar-refractivity contribution is -0.161. The number of aliphatic hydroxyl groups is 1. The number of carbonyl (C=O) groups is 2. The van der Waals surface area contributed by atoms with Gasteiger partial charge in [-0.15, -0.1) is 0 Å². The van der Waals surface area contributed by atoms with E-state index < -0.39 is 59.6 Å². The predicted molar refractivity (Wildman–Crippen MR) is 243 cm³/mol. The van der Waals surface area contributed by atoms with Crippen LogP contribution in [0.5, 0.6) is 0 Å². The van der Waals surface area contributed by atoms with Crippen molar-refractivity contribution in [3.05, 3.63) is 12.2 Å². The summed E-state index contributed by atoms with van der Waals surface area (Å²) in [6, 6.07) is 0. The van der Waals surface area contributed by atoms with Gasteiger partial charge in [0.25, 0.3) is 0 Å². The molecule has 5 atom stereocenters. The molecule has 0 aromatic heterocycles. The van der Waals surface area contributed by atoms with Crippen LogP contribution < -0.4 is 0 Å². The molecule has 3 unspecified atom stereocenters. The highest BCUT2D eigenvalue weighted by molar-refractivity contribution is 7.47. The lowest BCUT2D eigenvalue weighted by Crippen LogP contribution is -2.30. The number of epoxide rings is 1. The van der Waals surface area contributed by atoms with E-state index in [2.05, 4.69) is 37.4 Å². The molecule has 1 rings (SSSR count). The molecule has 0 saturated carbocycles. The molecule has 62 heavy (non-hydrogen) atoms. The van der Waals surface area contributed by atoms with Gasteiger partial charge in [0, 0.05) is 12.8 Å². The van der Waals surface area contributed by atoms with Crippen LogP contribution in [0.15, 0.2) is 12.2 Å². The van der Waals surface area contributed by atoms with Crippen LogP contribution in [-0.4, -0.2) is 82.6 Å². The minimum absolute atomic E-state index is 0.131. The number of carbonyl (C=O) groups excluding carboxylic acids is 2. The van der Waals surface area contributed by atoms with Crippen LogP contribution in [0.2, 0.25) is 0 Å². The first-order valence-electron chi connectivity index (χ1n) is 24.4. The fourth-order valence-corrected chi connectivity index (χ4v) is 8.34. The minimum Gasteiger partial charge on any atom is -0.462 e. The van der Waals surface area contributed by atoms with Gasteiger partial charge in [-0.1, -0.05) is 174 Å². The van der Waals surface area contributed by atoms with Crippen LogP contribution in [0.3, 0.4) is 0 Å². The van der Waals surface area contributed by atoms with Gasteiger partial charge in [0.2, 0.25) is 0 Å². The molecule has 0 aromatic rings. The van der Waals surface area contributed by atoms with E-state index in [1.807, 2.05) is 0 Å². The third kappa shape index (κ3) is 39.2. The SMILES string of the molecule is CCCCCC1OC1C/C=C\CCCCCCCC(=O)OC[C@H](COP(=O)(O)OC[C@@H](O)COP(=O)(O)O)OC(=O)CCCCCCCCCCCCCCCCCCC(C)C. The van der Waals surface area contributed by atoms with E-state index in [1.165, 1.54) is 109 Å². The third-order valence-electron chi connectivity index (χ3n) is 11.0. The number of allylic oxidation sites excluding steroid dienone is 1. The van der Waals surface area contributed by atoms with Crippen LogP contribution in [0.1, 0.15) is 213 Å². The van der Waals surface area contributed by atoms with Crippen molar-refractivity contribution in [3.8, 4) is 0 Å². The quantitative estimate of drug-likeness (QED) is 0.0147. The summed E-state index contributed by atoms with van der Waals surface area (Å²) in [5.41, 5.74) is 0. The Morgan fingerprint density at radius 3 is 1.65 bits per heavy atom. The van der Waals surface area contributed by atoms with Crippen molar-refractivity contribution in [1.29, 1.82) is 0 Å². The summed E-state index contributed by atoms with van der Waals surface area (Å²) < 4.78 is 53.7. The molecule has 0 amide bonds. The first kappa shape index (κ1) is 58.8. The van der Waals surface area contributed by atoms with Gasteiger partial charge in [-0.3, -0.25) is 23.2 Å². The topological polar surface area (TPSA) is 208 Å². The molecule has 0 bridgehead atoms. The Bertz CT molecular complexity index is 1230. The molecule has 1 aliphatic heterocycles. The zero-order chi connectivity index (χ0) is 45.7. The summed E-state index contributed by atoms with van der Waals surface area (Å²) in [7, 11) is -9.68. The highest BCUT2D eigenvalue weighted by atomic mass is 31.2. The molecule has 0 radical (unpaired) electrons. The van der Waals surface area contributed by atoms with Gasteiger partial charge in [-0.2, -0.15) is 0 Å². The van der Waals surface area contributed by atoms with Gasteiger partial charge in [0.15, 0.2) is 6.10 Å². The second-order valence-electron chi connectivity index (χ2n) is 17.6. The first-order chi connectivity index (χ1) is 29.7. The molecule has 16 heteroatoms. The van der Waals surface area contributed by atoms with E-state index >= 15 is 0 Å². The van der Waals surface area contributed by atoms with Crippen molar-refractivity contribution in [3.63, 3.8) is 0 Å². The van der Waals surface area contributed by atoms with Gasteiger partial charge in [0.1, 0.15) is 12.7 Å². The molecule has 0 aromatic carbocycles. The fraction of sp³-hybridized carbons (Fsp3) is 0.913. The van der Waals surface area contributed by atoms with E-state index in [0.717, 1.165) is 63.7 Å². The summed E-state index contributed by atoms with van der Waals surface area (Å²) >= 11 is 0. The zero-order valence-electron chi connectivity index (χ0n) is 38.8. The number of ether oxygens (including phenoxy) is 3. The average molecular weight is 927 g/mol. The van der Waals surface area contributed by atoms with E-state index in [4.69, 9.17) is 33.0 Å². The number of rotatable bonds is 45. The van der Waals surface area contributed by atoms with Crippen LogP contribution >= 0.6 is 15.6 Å². The number of unbranched alkanes of at least 4 members (excludes halogenated alkanes) is 22. The summed E-state index contributed by atoms with van der Waals surface area (Å²) in [4.78, 5) is 52.9. The molecule has 14 nitrogen and oxygen atoms in total. The number of esters is 2. The lowest BCUT2D eigenvalue weighted by atomic mass is 10.0. The van der Waals surface area contributed by atoms with Crippen LogP contribution in [0, 0.1) is 5.92 Å². The van der Waals surface area contributed by atoms with Crippen molar-refractivity contribution in [2.45, 2.75) is 238 Å². The summed E-state index contributed by atoms with van der Waals surface area (Å²) in [6.07, 6.45) is 35.1. The normalized spacial score (nSPS) is 17.4. The van der Waals surface area contributed by atoms with Crippen LogP contribution in [-0.2, 0) is 46.5 Å². The molecule has 0 aliphatic carbocycles. The largest absolute Gasteiger partial charge is 0.472 e. The fourth-order valence-electron chi connectivity index (χ4n) is 7.19. The van der Waals surface area contributed by atoms with E-state index in [0.29, 0.717) is 25.0 Å². The number of hydrogen-bond acceptors (Lipinski definition) is 11. The maximum absolute atomic E-state index is 12.7. The Kier molecular flexibility index (Phi) is 36.0. The molecule has 4 N–H and O–H groups in total. The molecule has 366 valence electrons. The van der Waals surface area contributed by atoms with E-state index in [9.17, 15) is 28.7 Å². The Hall–Kier alpha value is -1.18. The predicted octanol–water partition coefficient (Wildman–Crippen LogP) is 11.7. The standard InChI is InChI=1S/C46H88O14P2/c1-4-5-26-32-43-44(60-43)33-28-23-19-16-17-20-24-29-34-45(48)55-38-42(39-58-62(53,54)57-37-41(47)36-56-61(50,51)52)59-46(49)35-30-25-21-15-13-11-9-7-6-8-10-12-14-18-22-27-31-40(2)3/h23,28,40-44,47H,4-22,24-27,29-39H2,1-3H3,(H,53,54)(H2,50,51,52)/b28-23-/t41-,42+,43?,44?/m0/s1. The molecule has 0 spiro atoms. The Labute approximate surface area is 375 Å². The first-order valence-corrected chi connectivity index (χ1v) is 27.4. The Morgan fingerprint density at radius 1 is 0.597 bits per heavy atom. The Morgan fingerprint density at radius 2 is 1.10 bits per heavy atom. The Balaban J connectivity index is 2.29. The van der Waals surface area contributed by atoms with Gasteiger partial charge >= 0.3 is 27.6 Å². The maximum Gasteiger partial charge on any atom is 0.472 e. The minimum atomic E-state index is -4.87. The molecular formula is C46H88O14P2. The van der Waals surface area contributed by atoms with Gasteiger partial charge in [-0.25, -0.2) is 9.13 Å². The third-order valence-corrected chi connectivity index (χ3v) is 12.4. The van der Waals surface area contributed by atoms with Crippen molar-refractivity contribution < 1.29 is 66.3 Å². The highest BCUT2D eigenvalue weighted by Gasteiger charge is 2.36. The molecule has 1 aliphatic rings. The molecule has 1 fully saturated rings. The monoisotopic (exact) mass is 927 g/mol. The van der Waals surface area contributed by atoms with Gasteiger partial charge < -0.3 is 34.0 Å². The second kappa shape index (κ2) is 38.0. The summed E-state index contributed by atoms with van der Waals surface area (Å²) in [5, 5.41) is 9.77. The zero-order valence-corrected chi connectivity index (χ0v) is 40.6. The second-order valence-corrected chi connectivity index (χ2v) is 20.3. The van der Waals surface area contributed by atoms with Crippen molar-refractivity contribution in [2.24, 2.45) is 5.92 Å². The van der Waals surface area contributed by atoms with E-state index in [1.54, 1.807) is 0 Å². The van der Waals surface area contributed by atoms with Crippen LogP contribution in [0.4, 0.5) is 0 Å². The maximum atomic E-state index is 12.7. The van der Waals surface area contributed by atoms with E-state index in [-0.39, 0.29) is 19.4 Å². The van der Waals surface area contributed by atoms with Crippen molar-refractivity contribution in [1.82, 2.24) is 0 Å². The summed E-state index contributed by atoms with van der Waals surface area (Å²) in [6.45, 7) is 4.09. The smallest absolute Gasteiger partial charge is 0.462 e. The number of phosphoric acid groups is 2. The highest BCUT2D eigenvalue weighted by Crippen LogP contribution is 2.44. The van der Waals surface area contributed by atoms with Crippen molar-refractivity contribution >= 4 is 27.6 Å². The number of hydrogen-bond donors (Lipinski definition) is 4. The van der Waals surface area contributed by atoms with Gasteiger partial charge in [0.05, 0.1) is 32.0 Å². The van der Waals surface area contributed by atoms with Crippen molar-refractivity contribution in [2.75, 3.05) is 26.4 Å². The number of aliphatic hydroxyl groups excluding tert-OH is 1. The average Bonchev–Trinajstić information content (AvgIpc) is 3.97. The van der Waals surface area contributed by atoms with Gasteiger partial charge in [-0.05, 0) is 44.4 Å². The molecular weight excluding hydrogens is 838 g/mol. The lowest BCUT2D eigenvalue weighted by Gasteiger charge is -2.20. The summed E-state index contributed by atoms with van der Waals surface area (Å²) in [5.74, 6) is -0.221. The van der Waals surface area contributed by atoms with Crippen LogP contribution in [0.25, 0.3) is 0 Å². The molecule has 1 saturated heterocycles.